The first-order valence-corrected chi connectivity index (χ1v) is 10.3. The zero-order valence-corrected chi connectivity index (χ0v) is 16.2. The number of nitrogens with one attached hydrogen (secondary N) is 2. The molecule has 3 rings (SSSR count). The molecule has 1 saturated heterocycles. The molecule has 7 nitrogen and oxygen atoms in total. The molecular formula is C18H17ClFN3O4S. The number of hydrogen-bond acceptors (Lipinski definition) is 4. The van der Waals surface area contributed by atoms with E-state index in [-0.39, 0.29) is 21.0 Å². The van der Waals surface area contributed by atoms with Gasteiger partial charge in [0.2, 0.25) is 10.0 Å². The molecule has 148 valence electrons. The molecular weight excluding hydrogens is 409 g/mol. The van der Waals surface area contributed by atoms with Gasteiger partial charge in [0.05, 0.1) is 15.5 Å². The molecule has 10 heteroatoms. The summed E-state index contributed by atoms with van der Waals surface area (Å²) >= 11 is 5.80. The Morgan fingerprint density at radius 3 is 2.18 bits per heavy atom. The van der Waals surface area contributed by atoms with Crippen molar-refractivity contribution in [2.45, 2.75) is 17.7 Å². The lowest BCUT2D eigenvalue weighted by molar-refractivity contribution is 0.0846. The molecule has 28 heavy (non-hydrogen) atoms. The Hall–Kier alpha value is -2.49. The maximum absolute atomic E-state index is 13.0. The number of sulfonamides is 1. The summed E-state index contributed by atoms with van der Waals surface area (Å²) in [5.41, 5.74) is 4.53. The van der Waals surface area contributed by atoms with Crippen molar-refractivity contribution in [3.63, 3.8) is 0 Å². The van der Waals surface area contributed by atoms with Crippen LogP contribution in [-0.4, -0.2) is 37.6 Å². The Balaban J connectivity index is 1.64. The van der Waals surface area contributed by atoms with Gasteiger partial charge < -0.3 is 0 Å². The molecule has 2 aromatic carbocycles. The summed E-state index contributed by atoms with van der Waals surface area (Å²) in [5.74, 6) is -1.95. The number of rotatable bonds is 4. The fourth-order valence-electron chi connectivity index (χ4n) is 2.78. The summed E-state index contributed by atoms with van der Waals surface area (Å²) in [5, 5.41) is -0.0942. The Bertz CT molecular complexity index is 1010. The van der Waals surface area contributed by atoms with E-state index in [4.69, 9.17) is 11.6 Å². The molecule has 1 aliphatic heterocycles. The summed E-state index contributed by atoms with van der Waals surface area (Å²) < 4.78 is 39.4. The van der Waals surface area contributed by atoms with Crippen LogP contribution in [0.1, 0.15) is 33.6 Å². The van der Waals surface area contributed by atoms with Crippen LogP contribution in [0.25, 0.3) is 0 Å². The van der Waals surface area contributed by atoms with Crippen molar-refractivity contribution < 1.29 is 22.4 Å². The van der Waals surface area contributed by atoms with Gasteiger partial charge in [0.1, 0.15) is 5.82 Å². The number of hydrazine groups is 1. The highest BCUT2D eigenvalue weighted by molar-refractivity contribution is 7.89. The minimum absolute atomic E-state index is 0.00424. The molecule has 0 spiro atoms. The largest absolute Gasteiger partial charge is 0.271 e. The molecule has 2 amide bonds. The molecule has 2 N–H and O–H groups in total. The monoisotopic (exact) mass is 425 g/mol. The third kappa shape index (κ3) is 4.32. The summed E-state index contributed by atoms with van der Waals surface area (Å²) in [6.45, 7) is 0.977. The summed E-state index contributed by atoms with van der Waals surface area (Å²) in [6, 6.07) is 8.66. The van der Waals surface area contributed by atoms with Crippen molar-refractivity contribution in [2.75, 3.05) is 13.1 Å². The standard InChI is InChI=1S/C18H17ClFN3O4S/c19-16-11-13(20)5-8-15(16)18(25)22-21-17(24)12-3-6-14(7-4-12)28(26,27)23-9-1-2-10-23/h3-8,11H,1-2,9-10H2,(H,21,24)(H,22,25). The molecule has 2 aromatic rings. The van der Waals surface area contributed by atoms with Crippen molar-refractivity contribution in [3.8, 4) is 0 Å². The van der Waals surface area contributed by atoms with Crippen LogP contribution in [-0.2, 0) is 10.0 Å². The highest BCUT2D eigenvalue weighted by Gasteiger charge is 2.27. The van der Waals surface area contributed by atoms with Gasteiger partial charge in [-0.3, -0.25) is 20.4 Å². The number of carbonyl (C=O) groups excluding carboxylic acids is 2. The van der Waals surface area contributed by atoms with Crippen LogP contribution in [0, 0.1) is 5.82 Å². The zero-order valence-electron chi connectivity index (χ0n) is 14.6. The lowest BCUT2D eigenvalue weighted by atomic mass is 10.2. The number of nitrogens with zero attached hydrogens (tertiary/aromatic N) is 1. The van der Waals surface area contributed by atoms with Crippen LogP contribution in [0.4, 0.5) is 4.39 Å². The van der Waals surface area contributed by atoms with E-state index in [1.807, 2.05) is 0 Å². The van der Waals surface area contributed by atoms with E-state index in [0.717, 1.165) is 25.0 Å². The molecule has 0 aliphatic carbocycles. The Morgan fingerprint density at radius 1 is 0.964 bits per heavy atom. The van der Waals surface area contributed by atoms with Crippen LogP contribution in [0.3, 0.4) is 0 Å². The van der Waals surface area contributed by atoms with Gasteiger partial charge in [0, 0.05) is 18.7 Å². The molecule has 0 radical (unpaired) electrons. The van der Waals surface area contributed by atoms with Crippen molar-refractivity contribution in [3.05, 3.63) is 64.4 Å². The molecule has 1 heterocycles. The van der Waals surface area contributed by atoms with E-state index < -0.39 is 27.7 Å². The van der Waals surface area contributed by atoms with Crippen LogP contribution >= 0.6 is 11.6 Å². The van der Waals surface area contributed by atoms with Gasteiger partial charge in [-0.05, 0) is 55.3 Å². The smallest absolute Gasteiger partial charge is 0.267 e. The molecule has 0 atom stereocenters. The number of carbonyl (C=O) groups is 2. The van der Waals surface area contributed by atoms with E-state index in [1.54, 1.807) is 0 Å². The van der Waals surface area contributed by atoms with Gasteiger partial charge in [-0.1, -0.05) is 11.6 Å². The van der Waals surface area contributed by atoms with Crippen molar-refractivity contribution in [1.82, 2.24) is 15.2 Å². The fraction of sp³-hybridized carbons (Fsp3) is 0.222. The van der Waals surface area contributed by atoms with Gasteiger partial charge in [-0.15, -0.1) is 0 Å². The third-order valence-electron chi connectivity index (χ3n) is 4.28. The predicted octanol–water partition coefficient (Wildman–Crippen LogP) is 2.34. The topological polar surface area (TPSA) is 95.6 Å². The second kappa shape index (κ2) is 8.26. The summed E-state index contributed by atoms with van der Waals surface area (Å²) in [7, 11) is -3.56. The van der Waals surface area contributed by atoms with Crippen LogP contribution < -0.4 is 10.9 Å². The first kappa shape index (κ1) is 20.2. The number of hydrogen-bond donors (Lipinski definition) is 2. The predicted molar refractivity (Wildman–Crippen MR) is 101 cm³/mol. The van der Waals surface area contributed by atoms with Gasteiger partial charge in [0.15, 0.2) is 0 Å². The van der Waals surface area contributed by atoms with Crippen LogP contribution in [0.15, 0.2) is 47.4 Å². The van der Waals surface area contributed by atoms with Gasteiger partial charge in [0.25, 0.3) is 11.8 Å². The van der Waals surface area contributed by atoms with Crippen LogP contribution in [0.5, 0.6) is 0 Å². The first-order chi connectivity index (χ1) is 13.3. The molecule has 1 aliphatic rings. The summed E-state index contributed by atoms with van der Waals surface area (Å²) in [4.78, 5) is 24.3. The quantitative estimate of drug-likeness (QED) is 0.735. The minimum atomic E-state index is -3.56. The average molecular weight is 426 g/mol. The SMILES string of the molecule is O=C(NNC(=O)c1ccc(F)cc1Cl)c1ccc(S(=O)(=O)N2CCCC2)cc1. The molecule has 0 saturated carbocycles. The first-order valence-electron chi connectivity index (χ1n) is 8.45. The van der Waals surface area contributed by atoms with Crippen molar-refractivity contribution in [2.24, 2.45) is 0 Å². The van der Waals surface area contributed by atoms with Gasteiger partial charge >= 0.3 is 0 Å². The molecule has 0 unspecified atom stereocenters. The average Bonchev–Trinajstić information content (AvgIpc) is 3.21. The van der Waals surface area contributed by atoms with Gasteiger partial charge in [-0.2, -0.15) is 4.31 Å². The maximum Gasteiger partial charge on any atom is 0.271 e. The van der Waals surface area contributed by atoms with Crippen molar-refractivity contribution in [1.29, 1.82) is 0 Å². The van der Waals surface area contributed by atoms with Crippen molar-refractivity contribution >= 4 is 33.4 Å². The van der Waals surface area contributed by atoms with E-state index >= 15 is 0 Å². The number of benzene rings is 2. The van der Waals surface area contributed by atoms with Crippen LogP contribution in [0.2, 0.25) is 5.02 Å². The fourth-order valence-corrected chi connectivity index (χ4v) is 4.55. The third-order valence-corrected chi connectivity index (χ3v) is 6.51. The van der Waals surface area contributed by atoms with E-state index in [1.165, 1.54) is 34.6 Å². The Labute approximate surface area is 166 Å². The minimum Gasteiger partial charge on any atom is -0.267 e. The molecule has 0 bridgehead atoms. The van der Waals surface area contributed by atoms with E-state index in [2.05, 4.69) is 10.9 Å². The number of amides is 2. The zero-order chi connectivity index (χ0) is 20.3. The summed E-state index contributed by atoms with van der Waals surface area (Å²) in [6.07, 6.45) is 1.66. The highest BCUT2D eigenvalue weighted by Crippen LogP contribution is 2.21. The van der Waals surface area contributed by atoms with E-state index in [9.17, 15) is 22.4 Å². The highest BCUT2D eigenvalue weighted by atomic mass is 35.5. The second-order valence-electron chi connectivity index (χ2n) is 6.17. The number of halogens is 2. The van der Waals surface area contributed by atoms with Gasteiger partial charge in [-0.25, -0.2) is 12.8 Å². The normalized spacial score (nSPS) is 14.6. The lowest BCUT2D eigenvalue weighted by Crippen LogP contribution is -2.41. The van der Waals surface area contributed by atoms with E-state index in [0.29, 0.717) is 13.1 Å². The Kier molecular flexibility index (Phi) is 5.97. The lowest BCUT2D eigenvalue weighted by Gasteiger charge is -2.15. The molecule has 1 fully saturated rings. The second-order valence-corrected chi connectivity index (χ2v) is 8.51. The maximum atomic E-state index is 13.0. The molecule has 0 aromatic heterocycles. The Morgan fingerprint density at radius 2 is 1.57 bits per heavy atom.